The molecular weight excluding hydrogens is 547 g/mol. The standard InChI is InChI=1S/C32H21Cl3N4/c33-25-12-9-21(10-13-25)19-39-31-8-4-2-6-29(31)37-32(39)23(17-36)16-24-20-38(30-7-3-1-5-26(24)30)18-22-11-14-27(34)28(35)15-22/h1-16,20H,18-19H2/b23-16+. The smallest absolute Gasteiger partial charge is 0.152 e. The largest absolute Gasteiger partial charge is 0.342 e. The maximum Gasteiger partial charge on any atom is 0.152 e. The zero-order valence-corrected chi connectivity index (χ0v) is 22.9. The van der Waals surface area contributed by atoms with Crippen LogP contribution in [0.1, 0.15) is 22.5 Å². The number of hydrogen-bond acceptors (Lipinski definition) is 2. The molecule has 7 heteroatoms. The fourth-order valence-corrected chi connectivity index (χ4v) is 5.32. The van der Waals surface area contributed by atoms with Gasteiger partial charge in [0, 0.05) is 40.8 Å². The van der Waals surface area contributed by atoms with Gasteiger partial charge >= 0.3 is 0 Å². The second kappa shape index (κ2) is 10.6. The fraction of sp³-hybridized carbons (Fsp3) is 0.0625. The summed E-state index contributed by atoms with van der Waals surface area (Å²) in [7, 11) is 0. The molecule has 0 saturated heterocycles. The van der Waals surface area contributed by atoms with Crippen LogP contribution in [-0.4, -0.2) is 14.1 Å². The number of imidazole rings is 1. The van der Waals surface area contributed by atoms with Gasteiger partial charge in [0.05, 0.1) is 26.7 Å². The summed E-state index contributed by atoms with van der Waals surface area (Å²) in [5.41, 5.74) is 6.38. The van der Waals surface area contributed by atoms with Crippen LogP contribution in [-0.2, 0) is 13.1 Å². The Balaban J connectivity index is 1.46. The van der Waals surface area contributed by atoms with E-state index >= 15 is 0 Å². The summed E-state index contributed by atoms with van der Waals surface area (Å²) >= 11 is 18.5. The van der Waals surface area contributed by atoms with E-state index in [1.54, 1.807) is 0 Å². The van der Waals surface area contributed by atoms with Crippen LogP contribution in [0.2, 0.25) is 15.1 Å². The number of rotatable bonds is 6. The predicted molar refractivity (Wildman–Crippen MR) is 161 cm³/mol. The van der Waals surface area contributed by atoms with Gasteiger partial charge < -0.3 is 9.13 Å². The molecule has 6 aromatic rings. The highest BCUT2D eigenvalue weighted by molar-refractivity contribution is 6.42. The molecular formula is C32H21Cl3N4. The molecule has 39 heavy (non-hydrogen) atoms. The second-order valence-corrected chi connectivity index (χ2v) is 10.5. The van der Waals surface area contributed by atoms with E-state index in [1.165, 1.54) is 0 Å². The fourth-order valence-electron chi connectivity index (χ4n) is 4.87. The molecule has 0 radical (unpaired) electrons. The Morgan fingerprint density at radius 1 is 0.795 bits per heavy atom. The summed E-state index contributed by atoms with van der Waals surface area (Å²) in [5, 5.41) is 13.1. The van der Waals surface area contributed by atoms with Crippen molar-refractivity contribution in [3.8, 4) is 6.07 Å². The lowest BCUT2D eigenvalue weighted by Crippen LogP contribution is -2.04. The Kier molecular flexibility index (Phi) is 6.89. The van der Waals surface area contributed by atoms with Crippen LogP contribution in [0.4, 0.5) is 0 Å². The Bertz CT molecular complexity index is 1910. The average molecular weight is 568 g/mol. The zero-order valence-electron chi connectivity index (χ0n) is 20.7. The van der Waals surface area contributed by atoms with Gasteiger partial charge in [0.15, 0.2) is 5.82 Å². The van der Waals surface area contributed by atoms with Gasteiger partial charge in [0.1, 0.15) is 6.07 Å². The molecule has 0 bridgehead atoms. The number of benzene rings is 4. The first-order valence-electron chi connectivity index (χ1n) is 12.3. The van der Waals surface area contributed by atoms with Gasteiger partial charge in [-0.3, -0.25) is 0 Å². The number of nitriles is 1. The van der Waals surface area contributed by atoms with E-state index in [-0.39, 0.29) is 0 Å². The molecule has 0 atom stereocenters. The SMILES string of the molecule is N#C/C(=C\c1cn(Cc2ccc(Cl)c(Cl)c2)c2ccccc12)c1nc2ccccc2n1Cc1ccc(Cl)cc1. The Hall–Kier alpha value is -4.01. The topological polar surface area (TPSA) is 46.5 Å². The van der Waals surface area contributed by atoms with Gasteiger partial charge in [-0.1, -0.05) is 83.3 Å². The minimum absolute atomic E-state index is 0.484. The van der Waals surface area contributed by atoms with Crippen LogP contribution in [0.15, 0.2) is 97.2 Å². The molecule has 2 aromatic heterocycles. The normalized spacial score (nSPS) is 11.8. The van der Waals surface area contributed by atoms with Crippen LogP contribution >= 0.6 is 34.8 Å². The van der Waals surface area contributed by atoms with E-state index < -0.39 is 0 Å². The number of hydrogen-bond donors (Lipinski definition) is 0. The monoisotopic (exact) mass is 566 g/mol. The van der Waals surface area contributed by atoms with Gasteiger partial charge in [0.2, 0.25) is 0 Å². The van der Waals surface area contributed by atoms with E-state index in [1.807, 2.05) is 84.9 Å². The zero-order chi connectivity index (χ0) is 26.9. The number of allylic oxidation sites excluding steroid dienone is 1. The first-order valence-corrected chi connectivity index (χ1v) is 13.5. The Morgan fingerprint density at radius 3 is 2.28 bits per heavy atom. The average Bonchev–Trinajstić information content (AvgIpc) is 3.48. The quantitative estimate of drug-likeness (QED) is 0.188. The maximum absolute atomic E-state index is 10.3. The summed E-state index contributed by atoms with van der Waals surface area (Å²) in [6.45, 7) is 1.17. The summed E-state index contributed by atoms with van der Waals surface area (Å²) < 4.78 is 4.24. The third kappa shape index (κ3) is 5.05. The molecule has 0 unspecified atom stereocenters. The Labute approximate surface area is 240 Å². The molecule has 0 saturated carbocycles. The summed E-state index contributed by atoms with van der Waals surface area (Å²) in [6.07, 6.45) is 3.99. The van der Waals surface area contributed by atoms with E-state index in [4.69, 9.17) is 39.8 Å². The van der Waals surface area contributed by atoms with Gasteiger partial charge in [-0.25, -0.2) is 4.98 Å². The molecule has 6 rings (SSSR count). The molecule has 190 valence electrons. The molecule has 0 spiro atoms. The molecule has 0 aliphatic heterocycles. The molecule has 4 nitrogen and oxygen atoms in total. The highest BCUT2D eigenvalue weighted by Crippen LogP contribution is 2.30. The molecule has 4 aromatic carbocycles. The summed E-state index contributed by atoms with van der Waals surface area (Å²) in [4.78, 5) is 4.88. The lowest BCUT2D eigenvalue weighted by molar-refractivity contribution is 0.811. The minimum atomic E-state index is 0.484. The lowest BCUT2D eigenvalue weighted by atomic mass is 10.1. The number of aromatic nitrogens is 3. The first-order chi connectivity index (χ1) is 19.0. The van der Waals surface area contributed by atoms with Crippen molar-refractivity contribution in [3.05, 3.63) is 135 Å². The van der Waals surface area contributed by atoms with E-state index in [9.17, 15) is 5.26 Å². The number of fused-ring (bicyclic) bond motifs is 2. The Morgan fingerprint density at radius 2 is 1.51 bits per heavy atom. The van der Waals surface area contributed by atoms with E-state index in [0.29, 0.717) is 39.6 Å². The number of para-hydroxylation sites is 3. The van der Waals surface area contributed by atoms with Crippen molar-refractivity contribution in [2.24, 2.45) is 0 Å². The van der Waals surface area contributed by atoms with Crippen LogP contribution in [0.25, 0.3) is 33.6 Å². The van der Waals surface area contributed by atoms with Crippen molar-refractivity contribution in [3.63, 3.8) is 0 Å². The summed E-state index contributed by atoms with van der Waals surface area (Å²) in [5.74, 6) is 0.620. The number of nitrogens with zero attached hydrogens (tertiary/aromatic N) is 4. The number of halogens is 3. The molecule has 2 heterocycles. The molecule has 0 aliphatic rings. The van der Waals surface area contributed by atoms with Crippen molar-refractivity contribution >= 4 is 68.4 Å². The highest BCUT2D eigenvalue weighted by atomic mass is 35.5. The van der Waals surface area contributed by atoms with Gasteiger partial charge in [-0.15, -0.1) is 0 Å². The maximum atomic E-state index is 10.3. The minimum Gasteiger partial charge on any atom is -0.342 e. The third-order valence-electron chi connectivity index (χ3n) is 6.73. The van der Waals surface area contributed by atoms with E-state index in [2.05, 4.69) is 33.5 Å². The molecule has 0 fully saturated rings. The molecule has 0 aliphatic carbocycles. The van der Waals surface area contributed by atoms with Gasteiger partial charge in [-0.2, -0.15) is 5.26 Å². The third-order valence-corrected chi connectivity index (χ3v) is 7.72. The van der Waals surface area contributed by atoms with Crippen molar-refractivity contribution < 1.29 is 0 Å². The summed E-state index contributed by atoms with van der Waals surface area (Å²) in [6, 6.07) is 31.9. The lowest BCUT2D eigenvalue weighted by Gasteiger charge is -2.09. The van der Waals surface area contributed by atoms with Crippen molar-refractivity contribution in [2.75, 3.05) is 0 Å². The van der Waals surface area contributed by atoms with Crippen molar-refractivity contribution in [1.29, 1.82) is 5.26 Å². The van der Waals surface area contributed by atoms with Crippen molar-refractivity contribution in [1.82, 2.24) is 14.1 Å². The predicted octanol–water partition coefficient (Wildman–Crippen LogP) is 9.11. The second-order valence-electron chi connectivity index (χ2n) is 9.28. The van der Waals surface area contributed by atoms with Crippen molar-refractivity contribution in [2.45, 2.75) is 13.1 Å². The molecule has 0 amide bonds. The molecule has 0 N–H and O–H groups in total. The van der Waals surface area contributed by atoms with Gasteiger partial charge in [-0.05, 0) is 59.7 Å². The van der Waals surface area contributed by atoms with Crippen LogP contribution in [0, 0.1) is 11.3 Å². The van der Waals surface area contributed by atoms with Crippen LogP contribution < -0.4 is 0 Å². The van der Waals surface area contributed by atoms with Crippen LogP contribution in [0.3, 0.4) is 0 Å². The van der Waals surface area contributed by atoms with Gasteiger partial charge in [0.25, 0.3) is 0 Å². The van der Waals surface area contributed by atoms with Crippen LogP contribution in [0.5, 0.6) is 0 Å². The highest BCUT2D eigenvalue weighted by Gasteiger charge is 2.17. The first kappa shape index (κ1) is 25.3. The van der Waals surface area contributed by atoms with E-state index in [0.717, 1.165) is 38.6 Å².